The Labute approximate surface area is 275 Å². The van der Waals surface area contributed by atoms with Crippen LogP contribution in [0.3, 0.4) is 0 Å². The average molecular weight is 689 g/mol. The van der Waals surface area contributed by atoms with Crippen LogP contribution in [0.5, 0.6) is 5.75 Å². The largest absolute Gasteiger partial charge is 0.491 e. The minimum Gasteiger partial charge on any atom is -0.491 e. The fourth-order valence-electron chi connectivity index (χ4n) is 6.03. The van der Waals surface area contributed by atoms with Crippen molar-refractivity contribution in [2.24, 2.45) is 5.73 Å². The summed E-state index contributed by atoms with van der Waals surface area (Å²) in [5.41, 5.74) is 7.66. The van der Waals surface area contributed by atoms with E-state index < -0.39 is 43.9 Å². The van der Waals surface area contributed by atoms with E-state index in [2.05, 4.69) is 4.72 Å². The van der Waals surface area contributed by atoms with Gasteiger partial charge in [0, 0.05) is 25.7 Å². The van der Waals surface area contributed by atoms with Crippen LogP contribution in [0.4, 0.5) is 4.79 Å². The van der Waals surface area contributed by atoms with Crippen LogP contribution < -0.4 is 15.2 Å². The SMILES string of the molecule is CNS(=O)(=O)c1cccc(OC[C@@H](O)CN(C(=O)O)C2COC3(CCN(S(=O)(=O)c4cccc(-c5ccc(CN)cc5)c4)CC3)C2)c1. The predicted octanol–water partition coefficient (Wildman–Crippen LogP) is 2.45. The minimum absolute atomic E-state index is 0.00573. The van der Waals surface area contributed by atoms with E-state index in [4.69, 9.17) is 15.2 Å². The number of carbonyl (C=O) groups is 1. The van der Waals surface area contributed by atoms with E-state index in [1.54, 1.807) is 18.2 Å². The second-order valence-corrected chi connectivity index (χ2v) is 15.6. The van der Waals surface area contributed by atoms with Crippen LogP contribution in [0, 0.1) is 0 Å². The van der Waals surface area contributed by atoms with E-state index in [0.29, 0.717) is 25.8 Å². The maximum absolute atomic E-state index is 13.6. The molecule has 0 radical (unpaired) electrons. The summed E-state index contributed by atoms with van der Waals surface area (Å²) in [6.07, 6.45) is -1.27. The summed E-state index contributed by atoms with van der Waals surface area (Å²) in [4.78, 5) is 13.5. The van der Waals surface area contributed by atoms with Gasteiger partial charge in [0.05, 0.1) is 34.6 Å². The number of piperidine rings is 1. The number of benzene rings is 3. The zero-order valence-corrected chi connectivity index (χ0v) is 27.6. The van der Waals surface area contributed by atoms with Gasteiger partial charge < -0.3 is 30.3 Å². The van der Waals surface area contributed by atoms with Gasteiger partial charge in [0.2, 0.25) is 20.0 Å². The standard InChI is InChI=1S/C32H40N4O9S2/c1-34-46(40,41)29-6-3-5-28(17-29)44-22-27(37)20-36(31(38)39)26-18-32(45-21-26)12-14-35(15-13-32)47(42,43)30-7-2-4-25(16-30)24-10-8-23(19-33)9-11-24/h2-11,16-17,26-27,34,37H,12-15,18-22,33H2,1H3,(H,38,39)/t26?,27-/m0/s1. The molecule has 1 unspecified atom stereocenters. The summed E-state index contributed by atoms with van der Waals surface area (Å²) in [7, 11) is -6.18. The average Bonchev–Trinajstić information content (AvgIpc) is 3.49. The smallest absolute Gasteiger partial charge is 0.407 e. The van der Waals surface area contributed by atoms with Crippen molar-refractivity contribution in [2.45, 2.75) is 53.3 Å². The Hall–Kier alpha value is -3.57. The molecule has 2 aliphatic rings. The predicted molar refractivity (Wildman–Crippen MR) is 174 cm³/mol. The molecule has 0 bridgehead atoms. The number of amides is 1. The van der Waals surface area contributed by atoms with Gasteiger partial charge in [-0.1, -0.05) is 42.5 Å². The molecule has 1 spiro atoms. The Bertz CT molecular complexity index is 1780. The van der Waals surface area contributed by atoms with Crippen molar-refractivity contribution in [1.29, 1.82) is 0 Å². The van der Waals surface area contributed by atoms with E-state index >= 15 is 0 Å². The number of hydrogen-bond donors (Lipinski definition) is 4. The minimum atomic E-state index is -3.78. The summed E-state index contributed by atoms with van der Waals surface area (Å²) in [6, 6.07) is 19.7. The number of nitrogens with two attached hydrogens (primary N) is 1. The first kappa shape index (κ1) is 34.8. The van der Waals surface area contributed by atoms with Crippen LogP contribution in [0.2, 0.25) is 0 Å². The van der Waals surface area contributed by atoms with E-state index in [0.717, 1.165) is 21.6 Å². The normalized spacial score (nSPS) is 19.0. The highest BCUT2D eigenvalue weighted by atomic mass is 32.2. The number of hydrogen-bond acceptors (Lipinski definition) is 9. The number of sulfonamides is 2. The first-order chi connectivity index (χ1) is 22.4. The molecule has 2 heterocycles. The van der Waals surface area contributed by atoms with Gasteiger partial charge in [-0.25, -0.2) is 26.4 Å². The Balaban J connectivity index is 1.17. The van der Waals surface area contributed by atoms with Crippen LogP contribution in [0.25, 0.3) is 11.1 Å². The molecular weight excluding hydrogens is 649 g/mol. The van der Waals surface area contributed by atoms with Gasteiger partial charge >= 0.3 is 6.09 Å². The molecular formula is C32H40N4O9S2. The van der Waals surface area contributed by atoms with E-state index in [-0.39, 0.29) is 48.4 Å². The number of aliphatic hydroxyl groups excluding tert-OH is 1. The summed E-state index contributed by atoms with van der Waals surface area (Å²) in [6.45, 7) is 0.456. The molecule has 254 valence electrons. The van der Waals surface area contributed by atoms with Crippen LogP contribution in [0.1, 0.15) is 24.8 Å². The number of rotatable bonds is 12. The van der Waals surface area contributed by atoms with Gasteiger partial charge in [-0.3, -0.25) is 0 Å². The fraction of sp³-hybridized carbons (Fsp3) is 0.406. The number of carboxylic acid groups (broad SMARTS) is 1. The molecule has 3 aromatic rings. The maximum Gasteiger partial charge on any atom is 0.407 e. The van der Waals surface area contributed by atoms with Gasteiger partial charge in [-0.2, -0.15) is 4.31 Å². The topological polar surface area (TPSA) is 189 Å². The molecule has 2 atom stereocenters. The van der Waals surface area contributed by atoms with E-state index in [1.807, 2.05) is 30.3 Å². The molecule has 1 amide bonds. The highest BCUT2D eigenvalue weighted by Crippen LogP contribution is 2.39. The van der Waals surface area contributed by atoms with Crippen molar-refractivity contribution in [3.63, 3.8) is 0 Å². The number of aliphatic hydroxyl groups is 1. The quantitative estimate of drug-likeness (QED) is 0.220. The van der Waals surface area contributed by atoms with Crippen molar-refractivity contribution in [2.75, 3.05) is 39.9 Å². The zero-order chi connectivity index (χ0) is 33.8. The third-order valence-corrected chi connectivity index (χ3v) is 12.0. The van der Waals surface area contributed by atoms with Crippen molar-refractivity contribution in [3.05, 3.63) is 78.4 Å². The van der Waals surface area contributed by atoms with Crippen molar-refractivity contribution in [3.8, 4) is 16.9 Å². The summed E-state index contributed by atoms with van der Waals surface area (Å²) in [5.74, 6) is 0.208. The van der Waals surface area contributed by atoms with Gasteiger partial charge in [0.1, 0.15) is 18.5 Å². The second kappa shape index (κ2) is 14.3. The fourth-order valence-corrected chi connectivity index (χ4v) is 8.28. The van der Waals surface area contributed by atoms with Crippen LogP contribution in [-0.4, -0.2) is 100.0 Å². The molecule has 47 heavy (non-hydrogen) atoms. The molecule has 5 N–H and O–H groups in total. The van der Waals surface area contributed by atoms with E-state index in [1.165, 1.54) is 35.6 Å². The lowest BCUT2D eigenvalue weighted by Crippen LogP contribution is -2.48. The molecule has 5 rings (SSSR count). The summed E-state index contributed by atoms with van der Waals surface area (Å²) in [5, 5.41) is 20.6. The molecule has 2 aliphatic heterocycles. The lowest BCUT2D eigenvalue weighted by molar-refractivity contribution is -0.0319. The lowest BCUT2D eigenvalue weighted by atomic mass is 9.88. The number of nitrogens with one attached hydrogen (secondary N) is 1. The van der Waals surface area contributed by atoms with Crippen LogP contribution in [0.15, 0.2) is 82.6 Å². The number of ether oxygens (including phenoxy) is 2. The van der Waals surface area contributed by atoms with E-state index in [9.17, 15) is 31.8 Å². The zero-order valence-electron chi connectivity index (χ0n) is 26.0. The molecule has 0 saturated carbocycles. The van der Waals surface area contributed by atoms with Crippen molar-refractivity contribution < 1.29 is 41.3 Å². The monoisotopic (exact) mass is 688 g/mol. The molecule has 15 heteroatoms. The molecule has 13 nitrogen and oxygen atoms in total. The Morgan fingerprint density at radius 3 is 2.38 bits per heavy atom. The molecule has 0 aliphatic carbocycles. The van der Waals surface area contributed by atoms with Gasteiger partial charge in [0.15, 0.2) is 0 Å². The third-order valence-electron chi connectivity index (χ3n) is 8.74. The Morgan fingerprint density at radius 2 is 1.72 bits per heavy atom. The highest BCUT2D eigenvalue weighted by Gasteiger charge is 2.47. The van der Waals surface area contributed by atoms with Crippen LogP contribution in [-0.2, 0) is 31.3 Å². The Morgan fingerprint density at radius 1 is 1.04 bits per heavy atom. The van der Waals surface area contributed by atoms with Crippen molar-refractivity contribution >= 4 is 26.1 Å². The molecule has 3 aromatic carbocycles. The molecule has 2 fully saturated rings. The lowest BCUT2D eigenvalue weighted by Gasteiger charge is -2.38. The second-order valence-electron chi connectivity index (χ2n) is 11.8. The van der Waals surface area contributed by atoms with Crippen LogP contribution >= 0.6 is 0 Å². The highest BCUT2D eigenvalue weighted by molar-refractivity contribution is 7.89. The van der Waals surface area contributed by atoms with Gasteiger partial charge in [0.25, 0.3) is 0 Å². The molecule has 0 aromatic heterocycles. The van der Waals surface area contributed by atoms with Gasteiger partial charge in [-0.15, -0.1) is 0 Å². The maximum atomic E-state index is 13.6. The van der Waals surface area contributed by atoms with Crippen molar-refractivity contribution in [1.82, 2.24) is 13.9 Å². The first-order valence-corrected chi connectivity index (χ1v) is 18.2. The Kier molecular flexibility index (Phi) is 10.6. The first-order valence-electron chi connectivity index (χ1n) is 15.2. The number of nitrogens with zero attached hydrogens (tertiary/aromatic N) is 2. The summed E-state index contributed by atoms with van der Waals surface area (Å²) < 4.78 is 66.7. The third kappa shape index (κ3) is 7.95. The molecule has 2 saturated heterocycles. The summed E-state index contributed by atoms with van der Waals surface area (Å²) >= 11 is 0. The van der Waals surface area contributed by atoms with Gasteiger partial charge in [-0.05, 0) is 67.3 Å².